The zero-order valence-corrected chi connectivity index (χ0v) is 14.8. The van der Waals surface area contributed by atoms with Gasteiger partial charge >= 0.3 is 0 Å². The first-order chi connectivity index (χ1) is 12.1. The Morgan fingerprint density at radius 2 is 1.96 bits per heavy atom. The molecule has 3 rings (SSSR count). The third-order valence-electron chi connectivity index (χ3n) is 5.58. The molecule has 0 aliphatic carbocycles. The van der Waals surface area contributed by atoms with Crippen LogP contribution in [-0.2, 0) is 16.1 Å². The van der Waals surface area contributed by atoms with Gasteiger partial charge in [0.05, 0.1) is 5.41 Å². The maximum absolute atomic E-state index is 13.1. The highest BCUT2D eigenvalue weighted by atomic mass is 16.2. The fourth-order valence-corrected chi connectivity index (χ4v) is 4.04. The summed E-state index contributed by atoms with van der Waals surface area (Å²) in [6, 6.07) is 3.93. The molecule has 1 aromatic rings. The molecule has 1 spiro atoms. The average Bonchev–Trinajstić information content (AvgIpc) is 2.82. The molecule has 5 heteroatoms. The van der Waals surface area contributed by atoms with E-state index in [2.05, 4.69) is 11.6 Å². The minimum Gasteiger partial charge on any atom is -0.343 e. The van der Waals surface area contributed by atoms with E-state index in [-0.39, 0.29) is 17.2 Å². The normalized spacial score (nSPS) is 23.8. The van der Waals surface area contributed by atoms with E-state index in [1.54, 1.807) is 18.5 Å². The van der Waals surface area contributed by atoms with E-state index in [0.717, 1.165) is 50.8 Å². The van der Waals surface area contributed by atoms with Crippen LogP contribution in [-0.4, -0.2) is 46.2 Å². The molecule has 2 aliphatic rings. The molecule has 0 bridgehead atoms. The summed E-state index contributed by atoms with van der Waals surface area (Å²) in [5.41, 5.74) is 0.857. The Morgan fingerprint density at radius 3 is 2.72 bits per heavy atom. The second-order valence-corrected chi connectivity index (χ2v) is 7.17. The Kier molecular flexibility index (Phi) is 5.51. The van der Waals surface area contributed by atoms with Crippen molar-refractivity contribution in [3.63, 3.8) is 0 Å². The summed E-state index contributed by atoms with van der Waals surface area (Å²) in [7, 11) is 0. The highest BCUT2D eigenvalue weighted by molar-refractivity contribution is 5.85. The van der Waals surface area contributed by atoms with Crippen molar-refractivity contribution in [2.45, 2.75) is 45.1 Å². The van der Waals surface area contributed by atoms with Crippen LogP contribution in [0, 0.1) is 5.41 Å². The fourth-order valence-electron chi connectivity index (χ4n) is 4.04. The summed E-state index contributed by atoms with van der Waals surface area (Å²) in [6.07, 6.45) is 10.1. The van der Waals surface area contributed by atoms with Crippen LogP contribution in [0.4, 0.5) is 0 Å². The molecule has 25 heavy (non-hydrogen) atoms. The number of carbonyl (C=O) groups is 2. The van der Waals surface area contributed by atoms with Crippen molar-refractivity contribution in [3.05, 3.63) is 42.7 Å². The van der Waals surface area contributed by atoms with E-state index >= 15 is 0 Å². The van der Waals surface area contributed by atoms with E-state index in [4.69, 9.17) is 0 Å². The minimum atomic E-state index is -0.263. The van der Waals surface area contributed by atoms with Crippen molar-refractivity contribution in [2.75, 3.05) is 19.6 Å². The zero-order chi connectivity index (χ0) is 17.7. The molecule has 1 atom stereocenters. The van der Waals surface area contributed by atoms with Crippen molar-refractivity contribution in [1.29, 1.82) is 0 Å². The SMILES string of the molecule is C=CCCC(=O)N1CCC[C@]2(CC1)CCN(Cc1ccncc1)C2=O. The summed E-state index contributed by atoms with van der Waals surface area (Å²) in [5.74, 6) is 0.459. The smallest absolute Gasteiger partial charge is 0.229 e. The van der Waals surface area contributed by atoms with Crippen LogP contribution < -0.4 is 0 Å². The molecule has 0 radical (unpaired) electrons. The van der Waals surface area contributed by atoms with Gasteiger partial charge in [0.2, 0.25) is 11.8 Å². The second-order valence-electron chi connectivity index (χ2n) is 7.17. The number of carbonyl (C=O) groups excluding carboxylic acids is 2. The summed E-state index contributed by atoms with van der Waals surface area (Å²) in [4.78, 5) is 33.3. The highest BCUT2D eigenvalue weighted by Gasteiger charge is 2.47. The largest absolute Gasteiger partial charge is 0.343 e. The molecular formula is C20H27N3O2. The molecule has 134 valence electrons. The van der Waals surface area contributed by atoms with Crippen LogP contribution in [0.15, 0.2) is 37.2 Å². The summed E-state index contributed by atoms with van der Waals surface area (Å²) < 4.78 is 0. The van der Waals surface area contributed by atoms with Crippen molar-refractivity contribution in [3.8, 4) is 0 Å². The van der Waals surface area contributed by atoms with Crippen molar-refractivity contribution < 1.29 is 9.59 Å². The zero-order valence-electron chi connectivity index (χ0n) is 14.8. The Morgan fingerprint density at radius 1 is 1.20 bits per heavy atom. The van der Waals surface area contributed by atoms with Gasteiger partial charge in [0, 0.05) is 45.0 Å². The molecule has 2 saturated heterocycles. The third kappa shape index (κ3) is 3.91. The summed E-state index contributed by atoms with van der Waals surface area (Å²) in [5, 5.41) is 0. The first-order valence-corrected chi connectivity index (χ1v) is 9.22. The molecule has 0 N–H and O–H groups in total. The van der Waals surface area contributed by atoms with Gasteiger partial charge < -0.3 is 9.80 Å². The van der Waals surface area contributed by atoms with Crippen LogP contribution >= 0.6 is 0 Å². The monoisotopic (exact) mass is 341 g/mol. The molecule has 3 heterocycles. The molecule has 0 aromatic carbocycles. The number of pyridine rings is 1. The molecule has 0 saturated carbocycles. The van der Waals surface area contributed by atoms with Gasteiger partial charge in [-0.25, -0.2) is 0 Å². The predicted octanol–water partition coefficient (Wildman–Crippen LogP) is 2.78. The first kappa shape index (κ1) is 17.6. The number of amides is 2. The van der Waals surface area contributed by atoms with Gasteiger partial charge in [0.1, 0.15) is 0 Å². The minimum absolute atomic E-state index is 0.191. The van der Waals surface area contributed by atoms with Crippen LogP contribution in [0.25, 0.3) is 0 Å². The van der Waals surface area contributed by atoms with Gasteiger partial charge in [0.25, 0.3) is 0 Å². The molecule has 0 unspecified atom stereocenters. The number of nitrogens with zero attached hydrogens (tertiary/aromatic N) is 3. The molecular weight excluding hydrogens is 314 g/mol. The van der Waals surface area contributed by atoms with Gasteiger partial charge in [-0.2, -0.15) is 0 Å². The van der Waals surface area contributed by atoms with E-state index in [0.29, 0.717) is 19.5 Å². The maximum atomic E-state index is 13.1. The Hall–Kier alpha value is -2.17. The molecule has 2 aliphatic heterocycles. The third-order valence-corrected chi connectivity index (χ3v) is 5.58. The van der Waals surface area contributed by atoms with Crippen LogP contribution in [0.2, 0.25) is 0 Å². The van der Waals surface area contributed by atoms with E-state index < -0.39 is 0 Å². The lowest BCUT2D eigenvalue weighted by Gasteiger charge is -2.27. The second kappa shape index (κ2) is 7.81. The number of allylic oxidation sites excluding steroid dienone is 1. The lowest BCUT2D eigenvalue weighted by atomic mass is 9.79. The van der Waals surface area contributed by atoms with Crippen molar-refractivity contribution in [2.24, 2.45) is 5.41 Å². The van der Waals surface area contributed by atoms with Crippen LogP contribution in [0.5, 0.6) is 0 Å². The van der Waals surface area contributed by atoms with Gasteiger partial charge in [-0.05, 0) is 49.8 Å². The van der Waals surface area contributed by atoms with E-state index in [1.165, 1.54) is 0 Å². The number of rotatable bonds is 5. The number of hydrogen-bond acceptors (Lipinski definition) is 3. The molecule has 2 fully saturated rings. The van der Waals surface area contributed by atoms with Gasteiger partial charge in [-0.1, -0.05) is 6.08 Å². The van der Waals surface area contributed by atoms with Gasteiger partial charge in [-0.3, -0.25) is 14.6 Å². The quantitative estimate of drug-likeness (QED) is 0.774. The number of aromatic nitrogens is 1. The Labute approximate surface area is 149 Å². The fraction of sp³-hybridized carbons (Fsp3) is 0.550. The highest BCUT2D eigenvalue weighted by Crippen LogP contribution is 2.42. The van der Waals surface area contributed by atoms with Gasteiger partial charge in [-0.15, -0.1) is 6.58 Å². The maximum Gasteiger partial charge on any atom is 0.229 e. The molecule has 2 amide bonds. The number of hydrogen-bond donors (Lipinski definition) is 0. The van der Waals surface area contributed by atoms with E-state index in [9.17, 15) is 9.59 Å². The lowest BCUT2D eigenvalue weighted by Crippen LogP contribution is -2.36. The van der Waals surface area contributed by atoms with Crippen LogP contribution in [0.3, 0.4) is 0 Å². The molecule has 1 aromatic heterocycles. The summed E-state index contributed by atoms with van der Waals surface area (Å²) >= 11 is 0. The lowest BCUT2D eigenvalue weighted by molar-refractivity contribution is -0.138. The van der Waals surface area contributed by atoms with E-state index in [1.807, 2.05) is 21.9 Å². The van der Waals surface area contributed by atoms with Gasteiger partial charge in [0.15, 0.2) is 0 Å². The Bertz CT molecular complexity index is 631. The predicted molar refractivity (Wildman–Crippen MR) is 96.6 cm³/mol. The summed E-state index contributed by atoms with van der Waals surface area (Å²) in [6.45, 7) is 6.62. The molecule has 5 nitrogen and oxygen atoms in total. The van der Waals surface area contributed by atoms with Crippen molar-refractivity contribution >= 4 is 11.8 Å². The van der Waals surface area contributed by atoms with Crippen LogP contribution in [0.1, 0.15) is 44.1 Å². The standard InChI is InChI=1S/C20H27N3O2/c1-2-3-5-18(24)22-13-4-8-20(9-14-22)10-15-23(19(20)25)16-17-6-11-21-12-7-17/h2,6-7,11-12H,1,3-5,8-10,13-16H2/t20-/m0/s1. The topological polar surface area (TPSA) is 53.5 Å². The first-order valence-electron chi connectivity index (χ1n) is 9.22. The van der Waals surface area contributed by atoms with Crippen molar-refractivity contribution in [1.82, 2.24) is 14.8 Å². The average molecular weight is 341 g/mol. The Balaban J connectivity index is 1.62. The number of likely N-dealkylation sites (tertiary alicyclic amines) is 2.